The number of nitrogens with zero attached hydrogens (tertiary/aromatic N) is 3. The van der Waals surface area contributed by atoms with Gasteiger partial charge in [0.1, 0.15) is 12.4 Å². The fourth-order valence-corrected chi connectivity index (χ4v) is 3.68. The second-order valence-corrected chi connectivity index (χ2v) is 7.49. The molecule has 1 saturated carbocycles. The fraction of sp³-hybridized carbons (Fsp3) is 0.444. The number of amides is 2. The number of thioether (sulfide) groups is 1. The van der Waals surface area contributed by atoms with Gasteiger partial charge in [-0.1, -0.05) is 23.9 Å². The Morgan fingerprint density at radius 1 is 1.21 bits per heavy atom. The third-order valence-electron chi connectivity index (χ3n) is 4.46. The summed E-state index contributed by atoms with van der Waals surface area (Å²) in [6.07, 6.45) is 1.46. The lowest BCUT2D eigenvalue weighted by atomic mass is 10.2. The maximum absolute atomic E-state index is 12.2. The van der Waals surface area contributed by atoms with Gasteiger partial charge in [-0.15, -0.1) is 10.2 Å². The zero-order valence-corrected chi connectivity index (χ0v) is 16.2. The summed E-state index contributed by atoms with van der Waals surface area (Å²) in [4.78, 5) is 24.3. The van der Waals surface area contributed by atoms with Crippen molar-refractivity contribution in [2.75, 3.05) is 12.4 Å². The Hall–Kier alpha value is -2.75. The van der Waals surface area contributed by atoms with E-state index in [1.54, 1.807) is 18.2 Å². The molecule has 2 N–H and O–H groups in total. The van der Waals surface area contributed by atoms with Gasteiger partial charge in [-0.05, 0) is 31.9 Å². The molecular formula is C18H21N5O4S. The number of hydrazine groups is 1. The molecule has 1 atom stereocenters. The molecule has 0 saturated heterocycles. The van der Waals surface area contributed by atoms with Crippen molar-refractivity contribution in [2.45, 2.75) is 43.5 Å². The van der Waals surface area contributed by atoms with Crippen LogP contribution in [0.2, 0.25) is 0 Å². The van der Waals surface area contributed by atoms with Crippen LogP contribution >= 0.6 is 11.8 Å². The number of hydrogen-bond acceptors (Lipinski definition) is 7. The molecule has 1 aliphatic heterocycles. The predicted molar refractivity (Wildman–Crippen MR) is 101 cm³/mol. The lowest BCUT2D eigenvalue weighted by Gasteiger charge is -2.25. The van der Waals surface area contributed by atoms with E-state index in [9.17, 15) is 9.59 Å². The average molecular weight is 403 g/mol. The Labute approximate surface area is 166 Å². The first-order chi connectivity index (χ1) is 13.7. The maximum atomic E-state index is 12.2. The van der Waals surface area contributed by atoms with E-state index < -0.39 is 12.0 Å². The molecule has 1 fully saturated rings. The Kier molecular flexibility index (Phi) is 5.38. The number of aromatic nitrogens is 3. The summed E-state index contributed by atoms with van der Waals surface area (Å²) in [7, 11) is 0. The van der Waals surface area contributed by atoms with Gasteiger partial charge in [0.05, 0.1) is 5.75 Å². The van der Waals surface area contributed by atoms with Gasteiger partial charge >= 0.3 is 0 Å². The molecular weight excluding hydrogens is 382 g/mol. The number of nitrogens with one attached hydrogen (secondary N) is 2. The molecule has 0 spiro atoms. The van der Waals surface area contributed by atoms with Crippen LogP contribution in [0.1, 0.15) is 31.5 Å². The maximum Gasteiger partial charge on any atom is 0.283 e. The highest BCUT2D eigenvalue weighted by atomic mass is 32.2. The van der Waals surface area contributed by atoms with Crippen molar-refractivity contribution in [1.29, 1.82) is 0 Å². The standard InChI is InChI=1S/C18H21N5O4S/c1-2-23-16(11-7-8-11)20-22-18(23)28-10-15(24)19-21-17(25)14-9-26-12-5-3-4-6-13(12)27-14/h3-6,11,14H,2,7-10H2,1H3,(H,19,24)(H,21,25)/t14-/m0/s1. The zero-order valence-electron chi connectivity index (χ0n) is 15.4. The highest BCUT2D eigenvalue weighted by Crippen LogP contribution is 2.40. The van der Waals surface area contributed by atoms with Gasteiger partial charge in [0.25, 0.3) is 5.91 Å². The first-order valence-corrected chi connectivity index (χ1v) is 10.2. The van der Waals surface area contributed by atoms with E-state index >= 15 is 0 Å². The smallest absolute Gasteiger partial charge is 0.283 e. The van der Waals surface area contributed by atoms with Crippen LogP contribution in [0.5, 0.6) is 11.5 Å². The summed E-state index contributed by atoms with van der Waals surface area (Å²) in [5.41, 5.74) is 4.78. The molecule has 0 bridgehead atoms. The van der Waals surface area contributed by atoms with Gasteiger partial charge in [-0.3, -0.25) is 20.4 Å². The van der Waals surface area contributed by atoms with Crippen molar-refractivity contribution >= 4 is 23.6 Å². The highest BCUT2D eigenvalue weighted by Gasteiger charge is 2.30. The normalized spacial score (nSPS) is 17.8. The van der Waals surface area contributed by atoms with Crippen molar-refractivity contribution < 1.29 is 19.1 Å². The number of rotatable bonds is 6. The monoisotopic (exact) mass is 403 g/mol. The van der Waals surface area contributed by atoms with Gasteiger partial charge in [0.15, 0.2) is 16.7 Å². The summed E-state index contributed by atoms with van der Waals surface area (Å²) in [5, 5.41) is 9.14. The first kappa shape index (κ1) is 18.6. The van der Waals surface area contributed by atoms with Crippen molar-refractivity contribution in [3.05, 3.63) is 30.1 Å². The van der Waals surface area contributed by atoms with Crippen LogP contribution in [-0.2, 0) is 16.1 Å². The van der Waals surface area contributed by atoms with E-state index in [0.717, 1.165) is 25.2 Å². The van der Waals surface area contributed by atoms with E-state index in [4.69, 9.17) is 9.47 Å². The van der Waals surface area contributed by atoms with Crippen LogP contribution in [0.4, 0.5) is 0 Å². The zero-order chi connectivity index (χ0) is 19.5. The van der Waals surface area contributed by atoms with Crippen LogP contribution in [0.25, 0.3) is 0 Å². The summed E-state index contributed by atoms with van der Waals surface area (Å²) in [6, 6.07) is 7.12. The number of carbonyl (C=O) groups excluding carboxylic acids is 2. The summed E-state index contributed by atoms with van der Waals surface area (Å²) >= 11 is 1.29. The Morgan fingerprint density at radius 2 is 2.00 bits per heavy atom. The molecule has 2 amide bonds. The Morgan fingerprint density at radius 3 is 2.75 bits per heavy atom. The minimum absolute atomic E-state index is 0.0804. The molecule has 148 valence electrons. The quantitative estimate of drug-likeness (QED) is 0.552. The lowest BCUT2D eigenvalue weighted by Crippen LogP contribution is -2.51. The van der Waals surface area contributed by atoms with Gasteiger partial charge in [-0.25, -0.2) is 0 Å². The molecule has 2 heterocycles. The fourth-order valence-electron chi connectivity index (χ4n) is 2.87. The summed E-state index contributed by atoms with van der Waals surface area (Å²) in [5.74, 6) is 1.90. The SMILES string of the molecule is CCn1c(SCC(=O)NNC(=O)[C@@H]2COc3ccccc3O2)nnc1C1CC1. The van der Waals surface area contributed by atoms with E-state index in [2.05, 4.69) is 21.0 Å². The molecule has 2 aliphatic rings. The van der Waals surface area contributed by atoms with Crippen LogP contribution in [0, 0.1) is 0 Å². The number of hydrogen-bond donors (Lipinski definition) is 2. The van der Waals surface area contributed by atoms with Crippen LogP contribution < -0.4 is 20.3 Å². The van der Waals surface area contributed by atoms with Crippen molar-refractivity contribution in [2.24, 2.45) is 0 Å². The predicted octanol–water partition coefficient (Wildman–Crippen LogP) is 1.25. The molecule has 1 aromatic heterocycles. The van der Waals surface area contributed by atoms with Gasteiger partial charge in [0, 0.05) is 12.5 Å². The van der Waals surface area contributed by atoms with Crippen molar-refractivity contribution in [3.63, 3.8) is 0 Å². The summed E-state index contributed by atoms with van der Waals surface area (Å²) < 4.78 is 13.1. The Bertz CT molecular complexity index is 883. The lowest BCUT2D eigenvalue weighted by molar-refractivity contribution is -0.134. The molecule has 0 unspecified atom stereocenters. The van der Waals surface area contributed by atoms with Crippen LogP contribution in [-0.4, -0.2) is 45.0 Å². The van der Waals surface area contributed by atoms with E-state index in [-0.39, 0.29) is 18.3 Å². The minimum atomic E-state index is -0.827. The third kappa shape index (κ3) is 4.06. The second kappa shape index (κ2) is 8.09. The largest absolute Gasteiger partial charge is 0.485 e. The van der Waals surface area contributed by atoms with Gasteiger partial charge in [-0.2, -0.15) is 0 Å². The number of benzene rings is 1. The molecule has 4 rings (SSSR count). The molecule has 10 heteroatoms. The number of para-hydroxylation sites is 2. The van der Waals surface area contributed by atoms with Crippen molar-refractivity contribution in [1.82, 2.24) is 25.6 Å². The van der Waals surface area contributed by atoms with E-state index in [0.29, 0.717) is 22.6 Å². The number of carbonyl (C=O) groups is 2. The van der Waals surface area contributed by atoms with Crippen molar-refractivity contribution in [3.8, 4) is 11.5 Å². The molecule has 1 aliphatic carbocycles. The van der Waals surface area contributed by atoms with E-state index in [1.807, 2.05) is 17.6 Å². The minimum Gasteiger partial charge on any atom is -0.485 e. The first-order valence-electron chi connectivity index (χ1n) is 9.18. The Balaban J connectivity index is 1.24. The molecule has 28 heavy (non-hydrogen) atoms. The molecule has 1 aromatic carbocycles. The topological polar surface area (TPSA) is 107 Å². The highest BCUT2D eigenvalue weighted by molar-refractivity contribution is 7.99. The van der Waals surface area contributed by atoms with Crippen LogP contribution in [0.3, 0.4) is 0 Å². The second-order valence-electron chi connectivity index (χ2n) is 6.55. The molecule has 0 radical (unpaired) electrons. The molecule has 2 aromatic rings. The number of fused-ring (bicyclic) bond motifs is 1. The van der Waals surface area contributed by atoms with Gasteiger partial charge in [0.2, 0.25) is 12.0 Å². The number of ether oxygens (including phenoxy) is 2. The third-order valence-corrected chi connectivity index (χ3v) is 5.43. The van der Waals surface area contributed by atoms with E-state index in [1.165, 1.54) is 11.8 Å². The summed E-state index contributed by atoms with van der Waals surface area (Å²) in [6.45, 7) is 2.88. The van der Waals surface area contributed by atoms with Gasteiger partial charge < -0.3 is 14.0 Å². The van der Waals surface area contributed by atoms with Crippen LogP contribution in [0.15, 0.2) is 29.4 Å². The molecule has 9 nitrogen and oxygen atoms in total. The average Bonchev–Trinajstić information content (AvgIpc) is 3.49.